The molecular formula is C8H10ClFN4S. The summed E-state index contributed by atoms with van der Waals surface area (Å²) in [5.74, 6) is 4.64. The van der Waals surface area contributed by atoms with Crippen LogP contribution in [0.3, 0.4) is 0 Å². The summed E-state index contributed by atoms with van der Waals surface area (Å²) in [5.41, 5.74) is 5.25. The van der Waals surface area contributed by atoms with Crippen LogP contribution in [0.1, 0.15) is 5.56 Å². The van der Waals surface area contributed by atoms with E-state index in [4.69, 9.17) is 29.7 Å². The van der Waals surface area contributed by atoms with Gasteiger partial charge in [0.25, 0.3) is 0 Å². The van der Waals surface area contributed by atoms with Crippen LogP contribution >= 0.6 is 23.8 Å². The number of hydrazine groups is 2. The van der Waals surface area contributed by atoms with Crippen LogP contribution in [0.4, 0.5) is 4.39 Å². The highest BCUT2D eigenvalue weighted by atomic mass is 35.5. The van der Waals surface area contributed by atoms with Gasteiger partial charge in [0.15, 0.2) is 5.11 Å². The molecule has 1 aromatic rings. The van der Waals surface area contributed by atoms with E-state index < -0.39 is 0 Å². The number of hydrogen-bond donors (Lipinski definition) is 4. The lowest BCUT2D eigenvalue weighted by atomic mass is 10.2. The number of rotatable bonds is 3. The fraction of sp³-hybridized carbons (Fsp3) is 0.125. The Morgan fingerprint density at radius 2 is 2.27 bits per heavy atom. The summed E-state index contributed by atoms with van der Waals surface area (Å²) in [6.45, 7) is 0.324. The third kappa shape index (κ3) is 3.96. The van der Waals surface area contributed by atoms with Crippen molar-refractivity contribution in [3.05, 3.63) is 34.6 Å². The predicted molar refractivity (Wildman–Crippen MR) is 61.3 cm³/mol. The smallest absolute Gasteiger partial charge is 0.182 e. The highest BCUT2D eigenvalue weighted by Crippen LogP contribution is 2.16. The molecule has 0 amide bonds. The zero-order valence-electron chi connectivity index (χ0n) is 7.68. The molecule has 82 valence electrons. The summed E-state index contributed by atoms with van der Waals surface area (Å²) in [7, 11) is 0. The average molecular weight is 249 g/mol. The molecule has 0 fully saturated rings. The van der Waals surface area contributed by atoms with Crippen molar-refractivity contribution >= 4 is 28.9 Å². The molecule has 0 saturated carbocycles. The van der Waals surface area contributed by atoms with Crippen LogP contribution in [-0.2, 0) is 6.54 Å². The minimum absolute atomic E-state index is 0.304. The molecule has 0 aromatic heterocycles. The van der Waals surface area contributed by atoms with E-state index in [0.29, 0.717) is 22.2 Å². The van der Waals surface area contributed by atoms with Crippen LogP contribution in [0.5, 0.6) is 0 Å². The number of hydrogen-bond acceptors (Lipinski definition) is 3. The summed E-state index contributed by atoms with van der Waals surface area (Å²) < 4.78 is 12.9. The second-order valence-corrected chi connectivity index (χ2v) is 3.50. The monoisotopic (exact) mass is 248 g/mol. The molecule has 0 heterocycles. The maximum atomic E-state index is 12.9. The molecule has 0 unspecified atom stereocenters. The second-order valence-electron chi connectivity index (χ2n) is 2.69. The Balaban J connectivity index is 2.57. The molecule has 0 radical (unpaired) electrons. The van der Waals surface area contributed by atoms with Gasteiger partial charge >= 0.3 is 0 Å². The van der Waals surface area contributed by atoms with Gasteiger partial charge in [0.2, 0.25) is 0 Å². The minimum atomic E-state index is -0.341. The molecule has 0 spiro atoms. The van der Waals surface area contributed by atoms with Crippen molar-refractivity contribution in [1.82, 2.24) is 16.3 Å². The zero-order valence-corrected chi connectivity index (χ0v) is 9.25. The maximum Gasteiger partial charge on any atom is 0.182 e. The molecule has 0 atom stereocenters. The predicted octanol–water partition coefficient (Wildman–Crippen LogP) is 0.822. The van der Waals surface area contributed by atoms with Crippen LogP contribution in [-0.4, -0.2) is 5.11 Å². The first-order valence-corrected chi connectivity index (χ1v) is 4.85. The highest BCUT2D eigenvalue weighted by Gasteiger charge is 2.02. The number of halogens is 2. The lowest BCUT2D eigenvalue weighted by Gasteiger charge is -2.09. The Bertz CT molecular complexity index is 360. The number of nitrogens with two attached hydrogens (primary N) is 1. The largest absolute Gasteiger partial charge is 0.357 e. The Kier molecular flexibility index (Phi) is 4.70. The third-order valence-corrected chi connectivity index (χ3v) is 2.25. The Labute approximate surface area is 96.9 Å². The lowest BCUT2D eigenvalue weighted by Crippen LogP contribution is -2.47. The third-order valence-electron chi connectivity index (χ3n) is 1.63. The minimum Gasteiger partial charge on any atom is -0.357 e. The lowest BCUT2D eigenvalue weighted by molar-refractivity contribution is 0.624. The normalized spacial score (nSPS) is 9.80. The average Bonchev–Trinajstić information content (AvgIpc) is 2.20. The van der Waals surface area contributed by atoms with Crippen molar-refractivity contribution in [2.75, 3.05) is 0 Å². The SMILES string of the molecule is NNNC(=S)NCc1cc(F)ccc1Cl. The van der Waals surface area contributed by atoms with Crippen molar-refractivity contribution in [2.45, 2.75) is 6.54 Å². The van der Waals surface area contributed by atoms with Crippen LogP contribution in [0.15, 0.2) is 18.2 Å². The Hall–Kier alpha value is -0.950. The van der Waals surface area contributed by atoms with E-state index in [0.717, 1.165) is 0 Å². The molecule has 0 aliphatic carbocycles. The highest BCUT2D eigenvalue weighted by molar-refractivity contribution is 7.80. The Morgan fingerprint density at radius 1 is 1.53 bits per heavy atom. The van der Waals surface area contributed by atoms with Crippen molar-refractivity contribution < 1.29 is 4.39 Å². The van der Waals surface area contributed by atoms with E-state index in [1.54, 1.807) is 0 Å². The standard InChI is InChI=1S/C8H10ClFN4S/c9-7-2-1-6(10)3-5(7)4-12-8(15)13-14-11/h1-3,14H,4,11H2,(H2,12,13,15). The molecule has 0 saturated heterocycles. The van der Waals surface area contributed by atoms with Gasteiger partial charge < -0.3 is 5.32 Å². The van der Waals surface area contributed by atoms with E-state index in [-0.39, 0.29) is 5.82 Å². The molecule has 1 aromatic carbocycles. The maximum absolute atomic E-state index is 12.9. The van der Waals surface area contributed by atoms with Crippen LogP contribution < -0.4 is 22.1 Å². The number of benzene rings is 1. The van der Waals surface area contributed by atoms with E-state index >= 15 is 0 Å². The summed E-state index contributed by atoms with van der Waals surface area (Å²) in [6, 6.07) is 4.13. The van der Waals surface area contributed by atoms with Crippen molar-refractivity contribution in [2.24, 2.45) is 5.84 Å². The van der Waals surface area contributed by atoms with Gasteiger partial charge in [-0.15, -0.1) is 0 Å². The zero-order chi connectivity index (χ0) is 11.3. The molecule has 5 N–H and O–H groups in total. The molecule has 0 bridgehead atoms. The van der Waals surface area contributed by atoms with Gasteiger partial charge in [-0.05, 0) is 36.0 Å². The molecule has 4 nitrogen and oxygen atoms in total. The summed E-state index contributed by atoms with van der Waals surface area (Å²) >= 11 is 10.7. The van der Waals surface area contributed by atoms with E-state index in [1.165, 1.54) is 18.2 Å². The van der Waals surface area contributed by atoms with Crippen LogP contribution in [0.25, 0.3) is 0 Å². The van der Waals surface area contributed by atoms with Gasteiger partial charge in [0.05, 0.1) is 0 Å². The van der Waals surface area contributed by atoms with Crippen molar-refractivity contribution in [3.63, 3.8) is 0 Å². The van der Waals surface area contributed by atoms with Crippen LogP contribution in [0, 0.1) is 5.82 Å². The van der Waals surface area contributed by atoms with Gasteiger partial charge in [0, 0.05) is 11.6 Å². The number of thiocarbonyl (C=S) groups is 1. The van der Waals surface area contributed by atoms with E-state index in [1.807, 2.05) is 0 Å². The van der Waals surface area contributed by atoms with Gasteiger partial charge in [-0.3, -0.25) is 11.3 Å². The van der Waals surface area contributed by atoms with Crippen molar-refractivity contribution in [3.8, 4) is 0 Å². The summed E-state index contributed by atoms with van der Waals surface area (Å²) in [5, 5.41) is 3.58. The fourth-order valence-corrected chi connectivity index (χ4v) is 1.28. The first-order chi connectivity index (χ1) is 7.13. The van der Waals surface area contributed by atoms with Gasteiger partial charge in [-0.1, -0.05) is 11.6 Å². The quantitative estimate of drug-likeness (QED) is 0.363. The molecule has 1 rings (SSSR count). The molecule has 0 aliphatic heterocycles. The number of nitrogens with one attached hydrogen (secondary N) is 3. The molecular weight excluding hydrogens is 239 g/mol. The van der Waals surface area contributed by atoms with Crippen LogP contribution in [0.2, 0.25) is 5.02 Å². The first kappa shape index (κ1) is 12.1. The first-order valence-electron chi connectivity index (χ1n) is 4.07. The Morgan fingerprint density at radius 3 is 2.93 bits per heavy atom. The fourth-order valence-electron chi connectivity index (χ4n) is 0.964. The molecule has 7 heteroatoms. The van der Waals surface area contributed by atoms with E-state index in [9.17, 15) is 4.39 Å². The molecule has 0 aliphatic rings. The summed E-state index contributed by atoms with van der Waals surface area (Å²) in [6.07, 6.45) is 0. The second kappa shape index (κ2) is 5.82. The van der Waals surface area contributed by atoms with E-state index in [2.05, 4.69) is 16.3 Å². The molecule has 15 heavy (non-hydrogen) atoms. The van der Waals surface area contributed by atoms with Gasteiger partial charge in [-0.25, -0.2) is 4.39 Å². The summed E-state index contributed by atoms with van der Waals surface area (Å²) in [4.78, 5) is 0. The van der Waals surface area contributed by atoms with Gasteiger partial charge in [0.1, 0.15) is 5.82 Å². The topological polar surface area (TPSA) is 62.1 Å². The van der Waals surface area contributed by atoms with Gasteiger partial charge in [-0.2, -0.15) is 5.53 Å². The van der Waals surface area contributed by atoms with Crippen molar-refractivity contribution in [1.29, 1.82) is 0 Å².